The lowest BCUT2D eigenvalue weighted by atomic mass is 10.3. The molecule has 62 valence electrons. The molecule has 0 fully saturated rings. The second-order valence-electron chi connectivity index (χ2n) is 2.24. The van der Waals surface area contributed by atoms with Crippen LogP contribution in [-0.4, -0.2) is 7.11 Å². The molecule has 0 atom stereocenters. The molecule has 0 bridgehead atoms. The molecule has 12 heavy (non-hydrogen) atoms. The van der Waals surface area contributed by atoms with Crippen LogP contribution in [-0.2, 0) is 11.3 Å². The van der Waals surface area contributed by atoms with Gasteiger partial charge < -0.3 is 4.74 Å². The van der Waals surface area contributed by atoms with Crippen LogP contribution in [0.2, 0.25) is 0 Å². The molecule has 0 unspecified atom stereocenters. The maximum absolute atomic E-state index is 8.28. The second-order valence-corrected chi connectivity index (χ2v) is 3.24. The number of allylic oxidation sites excluding steroid dienone is 1. The van der Waals surface area contributed by atoms with Crippen LogP contribution >= 0.6 is 11.3 Å². The summed E-state index contributed by atoms with van der Waals surface area (Å²) in [5, 5.41) is 10.3. The van der Waals surface area contributed by atoms with Gasteiger partial charge in [-0.2, -0.15) is 5.26 Å². The third kappa shape index (κ3) is 2.50. The molecular weight excluding hydrogens is 170 g/mol. The second kappa shape index (κ2) is 4.70. The van der Waals surface area contributed by atoms with Crippen molar-refractivity contribution in [2.24, 2.45) is 0 Å². The number of rotatable bonds is 3. The molecule has 0 spiro atoms. The van der Waals surface area contributed by atoms with Crippen molar-refractivity contribution in [1.82, 2.24) is 0 Å². The highest BCUT2D eigenvalue weighted by molar-refractivity contribution is 7.10. The fraction of sp³-hybridized carbons (Fsp3) is 0.222. The third-order valence-electron chi connectivity index (χ3n) is 1.31. The van der Waals surface area contributed by atoms with Crippen LogP contribution in [0.15, 0.2) is 17.5 Å². The van der Waals surface area contributed by atoms with Gasteiger partial charge in [-0.1, -0.05) is 0 Å². The van der Waals surface area contributed by atoms with Gasteiger partial charge in [-0.15, -0.1) is 11.3 Å². The molecule has 0 aliphatic carbocycles. The van der Waals surface area contributed by atoms with Crippen molar-refractivity contribution < 1.29 is 4.74 Å². The van der Waals surface area contributed by atoms with Crippen molar-refractivity contribution >= 4 is 17.4 Å². The Bertz CT molecular complexity index is 309. The van der Waals surface area contributed by atoms with Gasteiger partial charge in [0.15, 0.2) is 0 Å². The molecule has 0 radical (unpaired) electrons. The van der Waals surface area contributed by atoms with Crippen LogP contribution < -0.4 is 0 Å². The topological polar surface area (TPSA) is 33.0 Å². The largest absolute Gasteiger partial charge is 0.379 e. The van der Waals surface area contributed by atoms with Crippen LogP contribution in [0.1, 0.15) is 10.4 Å². The summed E-state index contributed by atoms with van der Waals surface area (Å²) in [6.07, 6.45) is 3.26. The Morgan fingerprint density at radius 1 is 1.75 bits per heavy atom. The molecule has 0 saturated heterocycles. The molecular formula is C9H9NOS. The van der Waals surface area contributed by atoms with E-state index in [0.717, 1.165) is 5.56 Å². The monoisotopic (exact) mass is 179 g/mol. The summed E-state index contributed by atoms with van der Waals surface area (Å²) in [5.41, 5.74) is 1.06. The first-order chi connectivity index (χ1) is 5.86. The van der Waals surface area contributed by atoms with E-state index >= 15 is 0 Å². The lowest BCUT2D eigenvalue weighted by molar-refractivity contribution is 0.187. The number of nitrogens with zero attached hydrogens (tertiary/aromatic N) is 1. The minimum Gasteiger partial charge on any atom is -0.379 e. The smallest absolute Gasteiger partial charge is 0.0912 e. The molecule has 1 aromatic heterocycles. The molecule has 0 aliphatic heterocycles. The van der Waals surface area contributed by atoms with Gasteiger partial charge in [0.25, 0.3) is 0 Å². The minimum absolute atomic E-state index is 0.644. The van der Waals surface area contributed by atoms with E-state index in [2.05, 4.69) is 0 Å². The first-order valence-electron chi connectivity index (χ1n) is 3.49. The first kappa shape index (κ1) is 8.98. The van der Waals surface area contributed by atoms with E-state index < -0.39 is 0 Å². The first-order valence-corrected chi connectivity index (χ1v) is 4.37. The zero-order valence-corrected chi connectivity index (χ0v) is 7.60. The maximum atomic E-state index is 8.28. The third-order valence-corrected chi connectivity index (χ3v) is 2.24. The van der Waals surface area contributed by atoms with Crippen LogP contribution in [0, 0.1) is 11.3 Å². The normalized spacial score (nSPS) is 10.3. The van der Waals surface area contributed by atoms with E-state index in [4.69, 9.17) is 10.00 Å². The molecule has 1 rings (SSSR count). The Balaban J connectivity index is 2.65. The quantitative estimate of drug-likeness (QED) is 0.667. The SMILES string of the molecule is COCc1cc(C=CC#N)cs1. The van der Waals surface area contributed by atoms with Gasteiger partial charge in [0, 0.05) is 18.1 Å². The highest BCUT2D eigenvalue weighted by atomic mass is 32.1. The van der Waals surface area contributed by atoms with E-state index in [0.29, 0.717) is 6.61 Å². The highest BCUT2D eigenvalue weighted by Crippen LogP contribution is 2.16. The van der Waals surface area contributed by atoms with Crippen molar-refractivity contribution in [3.05, 3.63) is 28.0 Å². The molecule has 3 heteroatoms. The summed E-state index contributed by atoms with van der Waals surface area (Å²) in [6, 6.07) is 3.97. The van der Waals surface area contributed by atoms with Gasteiger partial charge in [-0.05, 0) is 23.1 Å². The molecule has 1 aromatic rings. The van der Waals surface area contributed by atoms with Gasteiger partial charge in [-0.3, -0.25) is 0 Å². The van der Waals surface area contributed by atoms with Gasteiger partial charge in [0.2, 0.25) is 0 Å². The van der Waals surface area contributed by atoms with Gasteiger partial charge in [0.1, 0.15) is 0 Å². The molecule has 0 saturated carbocycles. The van der Waals surface area contributed by atoms with Crippen LogP contribution in [0.4, 0.5) is 0 Å². The lowest BCUT2D eigenvalue weighted by Gasteiger charge is -1.89. The zero-order chi connectivity index (χ0) is 8.81. The molecule has 0 N–H and O–H groups in total. The molecule has 0 aliphatic rings. The standard InChI is InChI=1S/C9H9NOS/c1-11-6-9-5-8(7-12-9)3-2-4-10/h2-3,5,7H,6H2,1H3. The Morgan fingerprint density at radius 2 is 2.58 bits per heavy atom. The van der Waals surface area contributed by atoms with E-state index in [1.54, 1.807) is 24.5 Å². The fourth-order valence-corrected chi connectivity index (χ4v) is 1.66. The number of thiophene rings is 1. The summed E-state index contributed by atoms with van der Waals surface area (Å²) in [6.45, 7) is 0.644. The van der Waals surface area contributed by atoms with Crippen LogP contribution in [0.3, 0.4) is 0 Å². The van der Waals surface area contributed by atoms with Crippen molar-refractivity contribution in [2.75, 3.05) is 7.11 Å². The summed E-state index contributed by atoms with van der Waals surface area (Å²) in [7, 11) is 1.67. The predicted molar refractivity (Wildman–Crippen MR) is 49.7 cm³/mol. The van der Waals surface area contributed by atoms with Gasteiger partial charge >= 0.3 is 0 Å². The molecule has 0 amide bonds. The van der Waals surface area contributed by atoms with E-state index in [9.17, 15) is 0 Å². The number of ether oxygens (including phenoxy) is 1. The van der Waals surface area contributed by atoms with E-state index in [-0.39, 0.29) is 0 Å². The Labute approximate surface area is 75.7 Å². The Morgan fingerprint density at radius 3 is 3.25 bits per heavy atom. The lowest BCUT2D eigenvalue weighted by Crippen LogP contribution is -1.79. The van der Waals surface area contributed by atoms with Gasteiger partial charge in [0.05, 0.1) is 12.7 Å². The van der Waals surface area contributed by atoms with Gasteiger partial charge in [-0.25, -0.2) is 0 Å². The maximum Gasteiger partial charge on any atom is 0.0912 e. The number of methoxy groups -OCH3 is 1. The van der Waals surface area contributed by atoms with Crippen molar-refractivity contribution in [2.45, 2.75) is 6.61 Å². The van der Waals surface area contributed by atoms with E-state index in [1.807, 2.05) is 17.5 Å². The average Bonchev–Trinajstić information content (AvgIpc) is 2.50. The van der Waals surface area contributed by atoms with Crippen molar-refractivity contribution in [3.63, 3.8) is 0 Å². The number of nitriles is 1. The molecule has 0 aromatic carbocycles. The Kier molecular flexibility index (Phi) is 3.52. The summed E-state index contributed by atoms with van der Waals surface area (Å²) < 4.78 is 4.97. The predicted octanol–water partition coefficient (Wildman–Crippen LogP) is 2.43. The molecule has 1 heterocycles. The van der Waals surface area contributed by atoms with Crippen molar-refractivity contribution in [3.8, 4) is 6.07 Å². The summed E-state index contributed by atoms with van der Waals surface area (Å²) in [4.78, 5) is 1.18. The number of hydrogen-bond acceptors (Lipinski definition) is 3. The van der Waals surface area contributed by atoms with Crippen LogP contribution in [0.5, 0.6) is 0 Å². The fourth-order valence-electron chi connectivity index (χ4n) is 0.836. The highest BCUT2D eigenvalue weighted by Gasteiger charge is 1.95. The zero-order valence-electron chi connectivity index (χ0n) is 6.78. The summed E-state index contributed by atoms with van der Waals surface area (Å²) in [5.74, 6) is 0. The average molecular weight is 179 g/mol. The van der Waals surface area contributed by atoms with Crippen LogP contribution in [0.25, 0.3) is 6.08 Å². The summed E-state index contributed by atoms with van der Waals surface area (Å²) >= 11 is 1.64. The number of hydrogen-bond donors (Lipinski definition) is 0. The molecule has 2 nitrogen and oxygen atoms in total. The van der Waals surface area contributed by atoms with Crippen molar-refractivity contribution in [1.29, 1.82) is 5.26 Å². The van der Waals surface area contributed by atoms with E-state index in [1.165, 1.54) is 11.0 Å². The Hall–Kier alpha value is -1.11. The minimum atomic E-state index is 0.644.